The Labute approximate surface area is 121 Å². The molecule has 1 amide bonds. The fourth-order valence-electron chi connectivity index (χ4n) is 3.04. The lowest BCUT2D eigenvalue weighted by molar-refractivity contribution is -0.123. The molecule has 20 heavy (non-hydrogen) atoms. The molecule has 1 aliphatic heterocycles. The highest BCUT2D eigenvalue weighted by atomic mass is 16.2. The van der Waals surface area contributed by atoms with Crippen molar-refractivity contribution in [1.29, 1.82) is 5.26 Å². The number of rotatable bonds is 6. The van der Waals surface area contributed by atoms with Crippen molar-refractivity contribution in [2.45, 2.75) is 38.1 Å². The van der Waals surface area contributed by atoms with Crippen LogP contribution >= 0.6 is 0 Å². The van der Waals surface area contributed by atoms with Crippen molar-refractivity contribution >= 4 is 5.91 Å². The topological polar surface area (TPSA) is 68.2 Å². The first-order valence-electron chi connectivity index (χ1n) is 7.65. The third-order valence-electron chi connectivity index (χ3n) is 4.41. The summed E-state index contributed by atoms with van der Waals surface area (Å²) in [4.78, 5) is 14.1. The number of carbonyl (C=O) groups is 1. The smallest absolute Gasteiger partial charge is 0.235 e. The van der Waals surface area contributed by atoms with Gasteiger partial charge in [0, 0.05) is 6.54 Å². The third kappa shape index (κ3) is 4.19. The molecule has 2 N–H and O–H groups in total. The Kier molecular flexibility index (Phi) is 5.00. The summed E-state index contributed by atoms with van der Waals surface area (Å²) in [5.74, 6) is 0.934. The van der Waals surface area contributed by atoms with Crippen LogP contribution in [0.2, 0.25) is 0 Å². The van der Waals surface area contributed by atoms with Crippen LogP contribution in [0.1, 0.15) is 32.6 Å². The lowest BCUT2D eigenvalue weighted by atomic mass is 9.97. The van der Waals surface area contributed by atoms with Crippen LogP contribution in [0.5, 0.6) is 0 Å². The van der Waals surface area contributed by atoms with Gasteiger partial charge in [0.2, 0.25) is 5.91 Å². The zero-order chi connectivity index (χ0) is 14.6. The highest BCUT2D eigenvalue weighted by Crippen LogP contribution is 2.39. The van der Waals surface area contributed by atoms with Gasteiger partial charge >= 0.3 is 0 Å². The highest BCUT2D eigenvalue weighted by Gasteiger charge is 2.43. The van der Waals surface area contributed by atoms with Gasteiger partial charge in [0.05, 0.1) is 12.6 Å². The van der Waals surface area contributed by atoms with E-state index in [4.69, 9.17) is 0 Å². The van der Waals surface area contributed by atoms with Crippen molar-refractivity contribution in [3.63, 3.8) is 0 Å². The van der Waals surface area contributed by atoms with Crippen LogP contribution in [0.25, 0.3) is 0 Å². The molecule has 0 radical (unpaired) electrons. The van der Waals surface area contributed by atoms with E-state index in [1.54, 1.807) is 0 Å². The molecule has 112 valence electrons. The third-order valence-corrected chi connectivity index (χ3v) is 4.41. The molecule has 0 aromatic rings. The van der Waals surface area contributed by atoms with Gasteiger partial charge in [-0.1, -0.05) is 0 Å². The van der Waals surface area contributed by atoms with E-state index in [1.165, 1.54) is 12.8 Å². The molecule has 1 aliphatic carbocycles. The van der Waals surface area contributed by atoms with Gasteiger partial charge in [0.25, 0.3) is 0 Å². The fourth-order valence-corrected chi connectivity index (χ4v) is 3.04. The molecule has 0 aromatic carbocycles. The monoisotopic (exact) mass is 278 g/mol. The van der Waals surface area contributed by atoms with Gasteiger partial charge in [-0.25, -0.2) is 0 Å². The lowest BCUT2D eigenvalue weighted by Gasteiger charge is -2.28. The first-order valence-corrected chi connectivity index (χ1v) is 7.65. The Morgan fingerprint density at radius 1 is 1.50 bits per heavy atom. The Balaban J connectivity index is 1.74. The van der Waals surface area contributed by atoms with Gasteiger partial charge in [-0.2, -0.15) is 5.26 Å². The molecule has 5 heteroatoms. The molecule has 0 spiro atoms. The summed E-state index contributed by atoms with van der Waals surface area (Å²) in [6.07, 6.45) is 4.55. The minimum atomic E-state index is -0.676. The number of nitriles is 1. The number of hydrogen-bond acceptors (Lipinski definition) is 4. The second-order valence-corrected chi connectivity index (χ2v) is 6.55. The molecule has 2 unspecified atom stereocenters. The molecule has 5 nitrogen and oxygen atoms in total. The number of amides is 1. The molecule has 2 fully saturated rings. The number of nitrogens with one attached hydrogen (secondary N) is 2. The van der Waals surface area contributed by atoms with Gasteiger partial charge in [-0.15, -0.1) is 0 Å². The number of piperidine rings is 1. The van der Waals surface area contributed by atoms with E-state index in [2.05, 4.69) is 21.6 Å². The predicted molar refractivity (Wildman–Crippen MR) is 78.0 cm³/mol. The van der Waals surface area contributed by atoms with Crippen molar-refractivity contribution in [2.75, 3.05) is 33.2 Å². The Morgan fingerprint density at radius 2 is 2.25 bits per heavy atom. The van der Waals surface area contributed by atoms with Gasteiger partial charge in [-0.05, 0) is 64.6 Å². The average molecular weight is 278 g/mol. The second-order valence-electron chi connectivity index (χ2n) is 6.55. The summed E-state index contributed by atoms with van der Waals surface area (Å²) in [6, 6.07) is 2.27. The second kappa shape index (κ2) is 6.55. The van der Waals surface area contributed by atoms with Crippen LogP contribution in [-0.4, -0.2) is 49.6 Å². The van der Waals surface area contributed by atoms with Gasteiger partial charge in [-0.3, -0.25) is 9.69 Å². The summed E-state index contributed by atoms with van der Waals surface area (Å²) in [5, 5.41) is 15.6. The molecule has 1 saturated heterocycles. The SMILES string of the molecule is CN(CC(=O)NC(C)(C#N)C1CC1)CC1CCCNC1. The van der Waals surface area contributed by atoms with E-state index in [0.717, 1.165) is 32.5 Å². The van der Waals surface area contributed by atoms with Gasteiger partial charge in [0.1, 0.15) is 5.54 Å². The van der Waals surface area contributed by atoms with Crippen molar-refractivity contribution in [3.8, 4) is 6.07 Å². The highest BCUT2D eigenvalue weighted by molar-refractivity contribution is 5.79. The average Bonchev–Trinajstić information content (AvgIpc) is 3.24. The van der Waals surface area contributed by atoms with Gasteiger partial charge < -0.3 is 10.6 Å². The van der Waals surface area contributed by atoms with Gasteiger partial charge in [0.15, 0.2) is 0 Å². The van der Waals surface area contributed by atoms with Crippen LogP contribution in [0, 0.1) is 23.2 Å². The molecular weight excluding hydrogens is 252 g/mol. The maximum absolute atomic E-state index is 12.1. The summed E-state index contributed by atoms with van der Waals surface area (Å²) < 4.78 is 0. The Hall–Kier alpha value is -1.12. The van der Waals surface area contributed by atoms with Crippen LogP contribution in [0.15, 0.2) is 0 Å². The molecule has 2 atom stereocenters. The van der Waals surface area contributed by atoms with Crippen molar-refractivity contribution in [1.82, 2.24) is 15.5 Å². The van der Waals surface area contributed by atoms with E-state index in [-0.39, 0.29) is 5.91 Å². The van der Waals surface area contributed by atoms with E-state index >= 15 is 0 Å². The van der Waals surface area contributed by atoms with Crippen LogP contribution in [0.3, 0.4) is 0 Å². The Morgan fingerprint density at radius 3 is 2.80 bits per heavy atom. The zero-order valence-corrected chi connectivity index (χ0v) is 12.6. The van der Waals surface area contributed by atoms with Crippen LogP contribution < -0.4 is 10.6 Å². The molecular formula is C15H26N4O. The summed E-state index contributed by atoms with van der Waals surface area (Å²) in [5.41, 5.74) is -0.676. The van der Waals surface area contributed by atoms with Crippen molar-refractivity contribution < 1.29 is 4.79 Å². The lowest BCUT2D eigenvalue weighted by Crippen LogP contribution is -2.50. The standard InChI is InChI=1S/C15H26N4O/c1-15(11-16,13-5-6-13)18-14(20)10-19(2)9-12-4-3-7-17-8-12/h12-13,17H,3-10H2,1-2H3,(H,18,20). The van der Waals surface area contributed by atoms with Crippen molar-refractivity contribution in [3.05, 3.63) is 0 Å². The van der Waals surface area contributed by atoms with Crippen molar-refractivity contribution in [2.24, 2.45) is 11.8 Å². The van der Waals surface area contributed by atoms with Crippen LogP contribution in [-0.2, 0) is 4.79 Å². The van der Waals surface area contributed by atoms with Crippen LogP contribution in [0.4, 0.5) is 0 Å². The molecule has 2 rings (SSSR count). The molecule has 1 heterocycles. The fraction of sp³-hybridized carbons (Fsp3) is 0.867. The molecule has 0 aromatic heterocycles. The minimum absolute atomic E-state index is 0.0350. The number of likely N-dealkylation sites (N-methyl/N-ethyl adjacent to an activating group) is 1. The van der Waals surface area contributed by atoms with E-state index < -0.39 is 5.54 Å². The maximum atomic E-state index is 12.1. The van der Waals surface area contributed by atoms with E-state index in [9.17, 15) is 10.1 Å². The quantitative estimate of drug-likeness (QED) is 0.751. The maximum Gasteiger partial charge on any atom is 0.235 e. The minimum Gasteiger partial charge on any atom is -0.337 e. The Bertz CT molecular complexity index is 382. The first kappa shape index (κ1) is 15.3. The number of hydrogen-bond donors (Lipinski definition) is 2. The number of nitrogens with zero attached hydrogens (tertiary/aromatic N) is 2. The zero-order valence-electron chi connectivity index (χ0n) is 12.6. The molecule has 2 aliphatic rings. The number of carbonyl (C=O) groups excluding carboxylic acids is 1. The molecule has 1 saturated carbocycles. The molecule has 0 bridgehead atoms. The summed E-state index contributed by atoms with van der Waals surface area (Å²) in [6.45, 7) is 5.31. The van der Waals surface area contributed by atoms with E-state index in [1.807, 2.05) is 14.0 Å². The summed E-state index contributed by atoms with van der Waals surface area (Å²) in [7, 11) is 1.98. The summed E-state index contributed by atoms with van der Waals surface area (Å²) >= 11 is 0. The van der Waals surface area contributed by atoms with E-state index in [0.29, 0.717) is 18.4 Å². The first-order chi connectivity index (χ1) is 9.53. The largest absolute Gasteiger partial charge is 0.337 e. The predicted octanol–water partition coefficient (Wildman–Crippen LogP) is 0.726. The normalized spacial score (nSPS) is 25.8.